The van der Waals surface area contributed by atoms with Gasteiger partial charge in [-0.05, 0) is 17.7 Å². The summed E-state index contributed by atoms with van der Waals surface area (Å²) in [6, 6.07) is 17.8. The highest BCUT2D eigenvalue weighted by Gasteiger charge is 2.51. The summed E-state index contributed by atoms with van der Waals surface area (Å²) in [6.07, 6.45) is 1.49. The maximum absolute atomic E-state index is 12.7. The zero-order valence-electron chi connectivity index (χ0n) is 16.2. The Labute approximate surface area is 173 Å². The van der Waals surface area contributed by atoms with Crippen LogP contribution in [-0.4, -0.2) is 46.6 Å². The zero-order valence-corrected chi connectivity index (χ0v) is 16.2. The van der Waals surface area contributed by atoms with E-state index < -0.39 is 17.6 Å². The Morgan fingerprint density at radius 3 is 2.47 bits per heavy atom. The van der Waals surface area contributed by atoms with Gasteiger partial charge in [-0.15, -0.1) is 0 Å². The molecule has 2 atom stereocenters. The Morgan fingerprint density at radius 1 is 1.10 bits per heavy atom. The van der Waals surface area contributed by atoms with Crippen molar-refractivity contribution in [2.45, 2.75) is 11.6 Å². The second-order valence-corrected chi connectivity index (χ2v) is 6.86. The Kier molecular flexibility index (Phi) is 5.16. The summed E-state index contributed by atoms with van der Waals surface area (Å²) in [6.45, 7) is -0.0805. The highest BCUT2D eigenvalue weighted by molar-refractivity contribution is 5.97. The number of hydrogen-bond donors (Lipinski definition) is 2. The van der Waals surface area contributed by atoms with Crippen LogP contribution in [0.15, 0.2) is 73.1 Å². The van der Waals surface area contributed by atoms with Crippen LogP contribution in [0, 0.1) is 0 Å². The number of amides is 1. The fraction of sp³-hybridized carbons (Fsp3) is 0.182. The van der Waals surface area contributed by atoms with Crippen molar-refractivity contribution in [2.24, 2.45) is 0 Å². The fourth-order valence-corrected chi connectivity index (χ4v) is 3.78. The summed E-state index contributed by atoms with van der Waals surface area (Å²) in [7, 11) is 1.67. The quantitative estimate of drug-likeness (QED) is 0.668. The molecule has 1 aliphatic heterocycles. The summed E-state index contributed by atoms with van der Waals surface area (Å²) < 4.78 is 5.84. The second kappa shape index (κ2) is 7.92. The summed E-state index contributed by atoms with van der Waals surface area (Å²) in [5.41, 5.74) is 0.473. The first-order chi connectivity index (χ1) is 14.5. The first kappa shape index (κ1) is 19.5. The van der Waals surface area contributed by atoms with Gasteiger partial charge in [0.2, 0.25) is 12.0 Å². The topological polar surface area (TPSA) is 105 Å². The van der Waals surface area contributed by atoms with Crippen molar-refractivity contribution < 1.29 is 19.4 Å². The number of carbonyl (C=O) groups is 2. The van der Waals surface area contributed by atoms with Crippen LogP contribution in [0.1, 0.15) is 11.1 Å². The third kappa shape index (κ3) is 3.27. The largest absolute Gasteiger partial charge is 0.478 e. The van der Waals surface area contributed by atoms with Gasteiger partial charge >= 0.3 is 12.0 Å². The van der Waals surface area contributed by atoms with E-state index in [0.29, 0.717) is 16.8 Å². The van der Waals surface area contributed by atoms with Gasteiger partial charge in [0.25, 0.3) is 0 Å². The van der Waals surface area contributed by atoms with E-state index in [4.69, 9.17) is 4.74 Å². The Morgan fingerprint density at radius 2 is 1.77 bits per heavy atom. The van der Waals surface area contributed by atoms with Crippen LogP contribution in [0.5, 0.6) is 6.01 Å². The lowest BCUT2D eigenvalue weighted by molar-refractivity contribution is -0.149. The molecule has 152 valence electrons. The van der Waals surface area contributed by atoms with Gasteiger partial charge in [-0.1, -0.05) is 48.5 Å². The minimum Gasteiger partial charge on any atom is -0.478 e. The molecule has 0 fully saturated rings. The normalized spacial score (nSPS) is 19.5. The number of aromatic nitrogens is 2. The fourth-order valence-electron chi connectivity index (χ4n) is 3.78. The van der Waals surface area contributed by atoms with Gasteiger partial charge in [0.05, 0.1) is 6.54 Å². The van der Waals surface area contributed by atoms with Crippen molar-refractivity contribution >= 4 is 17.6 Å². The van der Waals surface area contributed by atoms with Crippen LogP contribution in [-0.2, 0) is 15.1 Å². The number of carboxylic acids is 1. The molecule has 2 heterocycles. The van der Waals surface area contributed by atoms with Crippen molar-refractivity contribution in [3.05, 3.63) is 84.2 Å². The average Bonchev–Trinajstić information content (AvgIpc) is 2.89. The van der Waals surface area contributed by atoms with Crippen molar-refractivity contribution in [1.82, 2.24) is 15.3 Å². The maximum Gasteiger partial charge on any atom is 0.347 e. The van der Waals surface area contributed by atoms with Crippen LogP contribution in [0.4, 0.5) is 5.69 Å². The zero-order chi connectivity index (χ0) is 21.1. The lowest BCUT2D eigenvalue weighted by atomic mass is 9.77. The van der Waals surface area contributed by atoms with Crippen LogP contribution in [0.2, 0.25) is 0 Å². The number of benzene rings is 2. The predicted molar refractivity (Wildman–Crippen MR) is 109 cm³/mol. The standard InChI is InChI=1S/C22H20N4O4/c1-26-17-11-6-5-10-16(17)22(25-14-18(26)27,15-8-3-2-4-9-15)19(20(28)29)30-21-23-12-7-13-24-21/h2-13,19,25H,14H2,1H3,(H,28,29)/t19-,22+/m1/s1. The molecule has 0 radical (unpaired) electrons. The SMILES string of the molecule is CN1C(=O)CN[C@](c2ccccc2)([C@H](Oc2ncccn2)C(=O)O)c2ccccc21. The van der Waals surface area contributed by atoms with Gasteiger partial charge in [0, 0.05) is 30.7 Å². The highest BCUT2D eigenvalue weighted by atomic mass is 16.5. The Hall–Kier alpha value is -3.78. The number of carboxylic acid groups (broad SMARTS) is 1. The minimum atomic E-state index is -1.46. The third-order valence-electron chi connectivity index (χ3n) is 5.19. The molecule has 2 aromatic carbocycles. The molecule has 8 nitrogen and oxygen atoms in total. The molecule has 0 saturated carbocycles. The van der Waals surface area contributed by atoms with E-state index in [9.17, 15) is 14.7 Å². The average molecular weight is 404 g/mol. The molecule has 0 bridgehead atoms. The van der Waals surface area contributed by atoms with Gasteiger partial charge in [-0.25, -0.2) is 14.8 Å². The minimum absolute atomic E-state index is 0.0663. The molecule has 30 heavy (non-hydrogen) atoms. The van der Waals surface area contributed by atoms with Crippen LogP contribution < -0.4 is 15.0 Å². The van der Waals surface area contributed by atoms with E-state index in [0.717, 1.165) is 0 Å². The molecule has 0 aliphatic carbocycles. The number of ether oxygens (including phenoxy) is 1. The van der Waals surface area contributed by atoms with Crippen LogP contribution in [0.3, 0.4) is 0 Å². The lowest BCUT2D eigenvalue weighted by Crippen LogP contribution is -2.58. The summed E-state index contributed by atoms with van der Waals surface area (Å²) in [4.78, 5) is 34.8. The van der Waals surface area contributed by atoms with Gasteiger partial charge in [-0.3, -0.25) is 10.1 Å². The molecule has 1 amide bonds. The lowest BCUT2D eigenvalue weighted by Gasteiger charge is -2.39. The molecular formula is C22H20N4O4. The number of nitrogens with zero attached hydrogens (tertiary/aromatic N) is 3. The monoisotopic (exact) mass is 404 g/mol. The molecule has 0 spiro atoms. The number of hydrogen-bond acceptors (Lipinski definition) is 6. The second-order valence-electron chi connectivity index (χ2n) is 6.86. The van der Waals surface area contributed by atoms with Crippen molar-refractivity contribution in [1.29, 1.82) is 0 Å². The number of nitrogens with one attached hydrogen (secondary N) is 1. The van der Waals surface area contributed by atoms with Crippen molar-refractivity contribution in [3.8, 4) is 6.01 Å². The van der Waals surface area contributed by atoms with E-state index in [1.165, 1.54) is 17.3 Å². The van der Waals surface area contributed by atoms with Crippen molar-refractivity contribution in [3.63, 3.8) is 0 Å². The molecule has 0 unspecified atom stereocenters. The molecule has 3 aromatic rings. The maximum atomic E-state index is 12.7. The molecule has 2 N–H and O–H groups in total. The number of aliphatic carboxylic acids is 1. The van der Waals surface area contributed by atoms with Gasteiger partial charge in [0.15, 0.2) is 0 Å². The van der Waals surface area contributed by atoms with Crippen LogP contribution >= 0.6 is 0 Å². The third-order valence-corrected chi connectivity index (χ3v) is 5.19. The van der Waals surface area contributed by atoms with Gasteiger partial charge < -0.3 is 14.7 Å². The van der Waals surface area contributed by atoms with Gasteiger partial charge in [0.1, 0.15) is 5.54 Å². The number of anilines is 1. The number of rotatable bonds is 5. The van der Waals surface area contributed by atoms with Crippen LogP contribution in [0.25, 0.3) is 0 Å². The molecule has 1 aromatic heterocycles. The molecule has 0 saturated heterocycles. The van der Waals surface area contributed by atoms with E-state index in [-0.39, 0.29) is 18.5 Å². The number of para-hydroxylation sites is 1. The number of fused-ring (bicyclic) bond motifs is 1. The predicted octanol–water partition coefficient (Wildman–Crippen LogP) is 1.82. The van der Waals surface area contributed by atoms with Gasteiger partial charge in [-0.2, -0.15) is 0 Å². The first-order valence-electron chi connectivity index (χ1n) is 9.37. The van der Waals surface area contributed by atoms with E-state index >= 15 is 0 Å². The highest BCUT2D eigenvalue weighted by Crippen LogP contribution is 2.41. The van der Waals surface area contributed by atoms with E-state index in [1.54, 1.807) is 37.4 Å². The van der Waals surface area contributed by atoms with E-state index in [1.807, 2.05) is 30.3 Å². The molecule has 4 rings (SSSR count). The molecule has 1 aliphatic rings. The molecule has 8 heteroatoms. The number of carbonyl (C=O) groups excluding carboxylic acids is 1. The van der Waals surface area contributed by atoms with E-state index in [2.05, 4.69) is 15.3 Å². The summed E-state index contributed by atoms with van der Waals surface area (Å²) >= 11 is 0. The smallest absolute Gasteiger partial charge is 0.347 e. The Balaban J connectivity index is 1.99. The first-order valence-corrected chi connectivity index (χ1v) is 9.37. The Bertz CT molecular complexity index is 1060. The summed E-state index contributed by atoms with van der Waals surface area (Å²) in [5, 5.41) is 13.4. The molecular weight excluding hydrogens is 384 g/mol. The summed E-state index contributed by atoms with van der Waals surface area (Å²) in [5.74, 6) is -1.41. The number of likely N-dealkylation sites (N-methyl/N-ethyl adjacent to an activating group) is 1. The van der Waals surface area contributed by atoms with Crippen molar-refractivity contribution in [2.75, 3.05) is 18.5 Å².